The van der Waals surface area contributed by atoms with Crippen LogP contribution >= 0.6 is 0 Å². The lowest BCUT2D eigenvalue weighted by Crippen LogP contribution is -2.44. The SMILES string of the molecule is CCN(CC(C)/C(N)=N/O)C(=O)C(C)(C)CC. The molecule has 0 bridgehead atoms. The molecule has 5 nitrogen and oxygen atoms in total. The monoisotopic (exact) mass is 243 g/mol. The summed E-state index contributed by atoms with van der Waals surface area (Å²) in [6.45, 7) is 10.8. The highest BCUT2D eigenvalue weighted by atomic mass is 16.4. The quantitative estimate of drug-likeness (QED) is 0.322. The first-order chi connectivity index (χ1) is 7.80. The van der Waals surface area contributed by atoms with Crippen molar-refractivity contribution in [3.8, 4) is 0 Å². The van der Waals surface area contributed by atoms with Gasteiger partial charge in [0.15, 0.2) is 0 Å². The summed E-state index contributed by atoms with van der Waals surface area (Å²) in [6, 6.07) is 0. The van der Waals surface area contributed by atoms with E-state index in [4.69, 9.17) is 10.9 Å². The normalized spacial score (nSPS) is 14.5. The van der Waals surface area contributed by atoms with E-state index in [1.165, 1.54) is 0 Å². The van der Waals surface area contributed by atoms with Gasteiger partial charge in [0.05, 0.1) is 0 Å². The summed E-state index contributed by atoms with van der Waals surface area (Å²) in [7, 11) is 0. The number of amides is 1. The molecule has 17 heavy (non-hydrogen) atoms. The average Bonchev–Trinajstić information content (AvgIpc) is 2.33. The fourth-order valence-electron chi connectivity index (χ4n) is 1.46. The Balaban J connectivity index is 4.70. The molecule has 5 heteroatoms. The Hall–Kier alpha value is -1.26. The van der Waals surface area contributed by atoms with E-state index in [1.54, 1.807) is 4.90 Å². The van der Waals surface area contributed by atoms with Gasteiger partial charge in [0.1, 0.15) is 5.84 Å². The lowest BCUT2D eigenvalue weighted by Gasteiger charge is -2.32. The van der Waals surface area contributed by atoms with E-state index in [1.807, 2.05) is 34.6 Å². The van der Waals surface area contributed by atoms with Crippen LogP contribution in [0.2, 0.25) is 0 Å². The van der Waals surface area contributed by atoms with Crippen LogP contribution < -0.4 is 5.73 Å². The molecule has 1 amide bonds. The highest BCUT2D eigenvalue weighted by Gasteiger charge is 2.30. The molecule has 0 rings (SSSR count). The van der Waals surface area contributed by atoms with Gasteiger partial charge in [0, 0.05) is 24.4 Å². The maximum Gasteiger partial charge on any atom is 0.228 e. The van der Waals surface area contributed by atoms with Gasteiger partial charge in [-0.25, -0.2) is 0 Å². The summed E-state index contributed by atoms with van der Waals surface area (Å²) in [5.41, 5.74) is 5.16. The molecular formula is C12H25N3O2. The smallest absolute Gasteiger partial charge is 0.228 e. The van der Waals surface area contributed by atoms with Crippen molar-refractivity contribution >= 4 is 11.7 Å². The number of amidine groups is 1. The Morgan fingerprint density at radius 3 is 2.35 bits per heavy atom. The molecular weight excluding hydrogens is 218 g/mol. The van der Waals surface area contributed by atoms with Gasteiger partial charge >= 0.3 is 0 Å². The molecule has 0 aliphatic heterocycles. The van der Waals surface area contributed by atoms with Crippen LogP contribution in [0.4, 0.5) is 0 Å². The Bertz CT molecular complexity index is 287. The molecule has 0 aromatic carbocycles. The van der Waals surface area contributed by atoms with Crippen molar-refractivity contribution in [3.05, 3.63) is 0 Å². The number of carbonyl (C=O) groups excluding carboxylic acids is 1. The number of nitrogens with zero attached hydrogens (tertiary/aromatic N) is 2. The van der Waals surface area contributed by atoms with Crippen LogP contribution in [0, 0.1) is 11.3 Å². The molecule has 100 valence electrons. The Kier molecular flexibility index (Phi) is 5.99. The third kappa shape index (κ3) is 4.24. The van der Waals surface area contributed by atoms with E-state index >= 15 is 0 Å². The van der Waals surface area contributed by atoms with E-state index < -0.39 is 0 Å². The fraction of sp³-hybridized carbons (Fsp3) is 0.833. The van der Waals surface area contributed by atoms with Gasteiger partial charge in [-0.1, -0.05) is 32.9 Å². The average molecular weight is 243 g/mol. The minimum Gasteiger partial charge on any atom is -0.409 e. The fourth-order valence-corrected chi connectivity index (χ4v) is 1.46. The molecule has 3 N–H and O–H groups in total. The van der Waals surface area contributed by atoms with Gasteiger partial charge < -0.3 is 15.8 Å². The molecule has 0 aliphatic carbocycles. The van der Waals surface area contributed by atoms with Gasteiger partial charge in [0.2, 0.25) is 5.91 Å². The standard InChI is InChI=1S/C12H25N3O2/c1-6-12(4,5)11(16)15(7-2)8-9(3)10(13)14-17/h9,17H,6-8H2,1-5H3,(H2,13,14). The molecule has 0 aliphatic rings. The predicted molar refractivity (Wildman–Crippen MR) is 68.9 cm³/mol. The van der Waals surface area contributed by atoms with Crippen molar-refractivity contribution in [2.45, 2.75) is 41.0 Å². The summed E-state index contributed by atoms with van der Waals surface area (Å²) in [5.74, 6) is 0.127. The zero-order valence-electron chi connectivity index (χ0n) is 11.5. The maximum atomic E-state index is 12.3. The first-order valence-electron chi connectivity index (χ1n) is 6.06. The van der Waals surface area contributed by atoms with Crippen molar-refractivity contribution in [2.24, 2.45) is 22.2 Å². The largest absolute Gasteiger partial charge is 0.409 e. The van der Waals surface area contributed by atoms with Crippen LogP contribution in [0.15, 0.2) is 5.16 Å². The van der Waals surface area contributed by atoms with Crippen molar-refractivity contribution < 1.29 is 10.0 Å². The van der Waals surface area contributed by atoms with E-state index in [0.29, 0.717) is 13.1 Å². The third-order valence-corrected chi connectivity index (χ3v) is 3.25. The van der Waals surface area contributed by atoms with Crippen molar-refractivity contribution in [2.75, 3.05) is 13.1 Å². The number of oxime groups is 1. The highest BCUT2D eigenvalue weighted by Crippen LogP contribution is 2.23. The zero-order valence-corrected chi connectivity index (χ0v) is 11.5. The Labute approximate surface area is 104 Å². The van der Waals surface area contributed by atoms with Crippen molar-refractivity contribution in [1.82, 2.24) is 4.90 Å². The lowest BCUT2D eigenvalue weighted by atomic mass is 9.88. The second-order valence-electron chi connectivity index (χ2n) is 5.01. The summed E-state index contributed by atoms with van der Waals surface area (Å²) in [6.07, 6.45) is 0.792. The minimum atomic E-state index is -0.360. The van der Waals surface area contributed by atoms with Crippen LogP contribution in [0.5, 0.6) is 0 Å². The predicted octanol–water partition coefficient (Wildman–Crippen LogP) is 1.65. The van der Waals surface area contributed by atoms with Crippen LogP contribution in [0.1, 0.15) is 41.0 Å². The molecule has 0 radical (unpaired) electrons. The minimum absolute atomic E-state index is 0.111. The number of hydrogen-bond donors (Lipinski definition) is 2. The van der Waals surface area contributed by atoms with Gasteiger partial charge in [-0.2, -0.15) is 0 Å². The second-order valence-corrected chi connectivity index (χ2v) is 5.01. The van der Waals surface area contributed by atoms with Crippen molar-refractivity contribution in [3.63, 3.8) is 0 Å². The lowest BCUT2D eigenvalue weighted by molar-refractivity contribution is -0.140. The topological polar surface area (TPSA) is 78.9 Å². The number of nitrogens with two attached hydrogens (primary N) is 1. The van der Waals surface area contributed by atoms with Crippen LogP contribution in [0.25, 0.3) is 0 Å². The van der Waals surface area contributed by atoms with Gasteiger partial charge in [-0.3, -0.25) is 4.79 Å². The van der Waals surface area contributed by atoms with E-state index in [2.05, 4.69) is 5.16 Å². The van der Waals surface area contributed by atoms with Crippen molar-refractivity contribution in [1.29, 1.82) is 0 Å². The van der Waals surface area contributed by atoms with E-state index in [0.717, 1.165) is 6.42 Å². The molecule has 0 heterocycles. The van der Waals surface area contributed by atoms with Gasteiger partial charge in [0.25, 0.3) is 0 Å². The Morgan fingerprint density at radius 1 is 1.47 bits per heavy atom. The molecule has 0 saturated carbocycles. The Morgan fingerprint density at radius 2 is 2.00 bits per heavy atom. The summed E-state index contributed by atoms with van der Waals surface area (Å²) in [4.78, 5) is 14.0. The van der Waals surface area contributed by atoms with Crippen LogP contribution in [-0.4, -0.2) is 34.9 Å². The second kappa shape index (κ2) is 6.47. The third-order valence-electron chi connectivity index (χ3n) is 3.25. The number of carbonyl (C=O) groups is 1. The molecule has 0 aromatic rings. The summed E-state index contributed by atoms with van der Waals surface area (Å²) in [5, 5.41) is 11.6. The summed E-state index contributed by atoms with van der Waals surface area (Å²) >= 11 is 0. The molecule has 1 atom stereocenters. The molecule has 1 unspecified atom stereocenters. The molecule has 0 spiro atoms. The summed E-state index contributed by atoms with van der Waals surface area (Å²) < 4.78 is 0. The van der Waals surface area contributed by atoms with E-state index in [9.17, 15) is 4.79 Å². The first-order valence-corrected chi connectivity index (χ1v) is 6.06. The van der Waals surface area contributed by atoms with Crippen LogP contribution in [0.3, 0.4) is 0 Å². The molecule has 0 fully saturated rings. The zero-order chi connectivity index (χ0) is 13.6. The molecule has 0 aromatic heterocycles. The maximum absolute atomic E-state index is 12.3. The van der Waals surface area contributed by atoms with Gasteiger partial charge in [-0.15, -0.1) is 0 Å². The van der Waals surface area contributed by atoms with Gasteiger partial charge in [-0.05, 0) is 13.3 Å². The number of rotatable bonds is 6. The first kappa shape index (κ1) is 15.7. The number of hydrogen-bond acceptors (Lipinski definition) is 3. The van der Waals surface area contributed by atoms with E-state index in [-0.39, 0.29) is 23.1 Å². The van der Waals surface area contributed by atoms with Crippen LogP contribution in [-0.2, 0) is 4.79 Å². The highest BCUT2D eigenvalue weighted by molar-refractivity contribution is 5.84. The molecule has 0 saturated heterocycles.